The summed E-state index contributed by atoms with van der Waals surface area (Å²) in [6.45, 7) is 4.32. The van der Waals surface area contributed by atoms with E-state index in [2.05, 4.69) is 22.3 Å². The Morgan fingerprint density at radius 1 is 1.12 bits per heavy atom. The van der Waals surface area contributed by atoms with Crippen LogP contribution < -0.4 is 4.72 Å². The van der Waals surface area contributed by atoms with Gasteiger partial charge in [0.15, 0.2) is 0 Å². The minimum absolute atomic E-state index is 0.274. The highest BCUT2D eigenvalue weighted by atomic mass is 32.2. The fourth-order valence-electron chi connectivity index (χ4n) is 2.55. The third-order valence-corrected chi connectivity index (χ3v) is 6.29. The SMILES string of the molecule is CCc1cccn1-c1sccc1CNS(=O)(=O)c1ccc(C)cc1. The summed E-state index contributed by atoms with van der Waals surface area (Å²) in [5, 5.41) is 3.05. The van der Waals surface area contributed by atoms with Crippen LogP contribution in [0.25, 0.3) is 5.00 Å². The molecule has 0 fully saturated rings. The average Bonchev–Trinajstić information content (AvgIpc) is 3.21. The molecule has 0 radical (unpaired) electrons. The van der Waals surface area contributed by atoms with Gasteiger partial charge in [-0.3, -0.25) is 0 Å². The van der Waals surface area contributed by atoms with Gasteiger partial charge < -0.3 is 4.57 Å². The van der Waals surface area contributed by atoms with E-state index in [9.17, 15) is 8.42 Å². The van der Waals surface area contributed by atoms with E-state index in [-0.39, 0.29) is 6.54 Å². The monoisotopic (exact) mass is 360 g/mol. The third-order valence-electron chi connectivity index (χ3n) is 3.92. The Labute approximate surface area is 146 Å². The average molecular weight is 361 g/mol. The number of aromatic nitrogens is 1. The van der Waals surface area contributed by atoms with E-state index < -0.39 is 10.0 Å². The van der Waals surface area contributed by atoms with Gasteiger partial charge in [-0.15, -0.1) is 11.3 Å². The quantitative estimate of drug-likeness (QED) is 0.725. The van der Waals surface area contributed by atoms with E-state index in [0.29, 0.717) is 4.90 Å². The van der Waals surface area contributed by atoms with Gasteiger partial charge in [-0.05, 0) is 49.1 Å². The molecule has 3 rings (SSSR count). The second kappa shape index (κ2) is 6.93. The number of nitrogens with zero attached hydrogens (tertiary/aromatic N) is 1. The Morgan fingerprint density at radius 3 is 2.58 bits per heavy atom. The molecule has 0 spiro atoms. The molecular formula is C18H20N2O2S2. The molecule has 0 aliphatic rings. The van der Waals surface area contributed by atoms with E-state index in [4.69, 9.17) is 0 Å². The van der Waals surface area contributed by atoms with Crippen LogP contribution in [0.15, 0.2) is 58.9 Å². The second-order valence-electron chi connectivity index (χ2n) is 5.61. The number of hydrogen-bond donors (Lipinski definition) is 1. The van der Waals surface area contributed by atoms with Crippen molar-refractivity contribution in [2.75, 3.05) is 0 Å². The molecule has 2 heterocycles. The van der Waals surface area contributed by atoms with Crippen molar-refractivity contribution in [3.63, 3.8) is 0 Å². The molecule has 24 heavy (non-hydrogen) atoms. The highest BCUT2D eigenvalue weighted by Gasteiger charge is 2.16. The van der Waals surface area contributed by atoms with Gasteiger partial charge in [-0.25, -0.2) is 13.1 Å². The zero-order valence-electron chi connectivity index (χ0n) is 13.7. The Bertz CT molecular complexity index is 922. The van der Waals surface area contributed by atoms with Gasteiger partial charge in [0.05, 0.1) is 4.90 Å². The van der Waals surface area contributed by atoms with Gasteiger partial charge in [-0.1, -0.05) is 24.6 Å². The molecule has 4 nitrogen and oxygen atoms in total. The molecule has 6 heteroatoms. The second-order valence-corrected chi connectivity index (χ2v) is 8.27. The molecule has 0 unspecified atom stereocenters. The fraction of sp³-hybridized carbons (Fsp3) is 0.222. The Hall–Kier alpha value is -1.89. The standard InChI is InChI=1S/C18H20N2O2S2/c1-3-16-5-4-11-20(16)18-15(10-12-23-18)13-19-24(21,22)17-8-6-14(2)7-9-17/h4-12,19H,3,13H2,1-2H3. The summed E-state index contributed by atoms with van der Waals surface area (Å²) in [6, 6.07) is 12.9. The number of hydrogen-bond acceptors (Lipinski definition) is 3. The zero-order chi connectivity index (χ0) is 17.2. The van der Waals surface area contributed by atoms with Crippen molar-refractivity contribution in [3.05, 3.63) is 70.9 Å². The zero-order valence-corrected chi connectivity index (χ0v) is 15.3. The fourth-order valence-corrected chi connectivity index (χ4v) is 4.50. The predicted octanol–water partition coefficient (Wildman–Crippen LogP) is 3.89. The lowest BCUT2D eigenvalue weighted by atomic mass is 10.2. The minimum atomic E-state index is -3.51. The highest BCUT2D eigenvalue weighted by Crippen LogP contribution is 2.24. The van der Waals surface area contributed by atoms with Crippen LogP contribution in [0.4, 0.5) is 0 Å². The van der Waals surface area contributed by atoms with Crippen LogP contribution in [-0.2, 0) is 23.0 Å². The number of benzene rings is 1. The molecule has 126 valence electrons. The summed E-state index contributed by atoms with van der Waals surface area (Å²) in [7, 11) is -3.51. The Morgan fingerprint density at radius 2 is 1.88 bits per heavy atom. The number of nitrogens with one attached hydrogen (secondary N) is 1. The van der Waals surface area contributed by atoms with Crippen LogP contribution in [0.5, 0.6) is 0 Å². The smallest absolute Gasteiger partial charge is 0.240 e. The molecule has 0 aliphatic heterocycles. The molecule has 3 aromatic rings. The lowest BCUT2D eigenvalue weighted by molar-refractivity contribution is 0.581. The number of sulfonamides is 1. The first kappa shape index (κ1) is 17.0. The van der Waals surface area contributed by atoms with Crippen molar-refractivity contribution >= 4 is 21.4 Å². The van der Waals surface area contributed by atoms with E-state index in [1.165, 1.54) is 5.69 Å². The molecule has 1 aromatic carbocycles. The van der Waals surface area contributed by atoms with Gasteiger partial charge in [0.25, 0.3) is 0 Å². The molecular weight excluding hydrogens is 340 g/mol. The number of aryl methyl sites for hydroxylation is 2. The molecule has 0 aliphatic carbocycles. The molecule has 0 atom stereocenters. The molecule has 0 saturated carbocycles. The van der Waals surface area contributed by atoms with Crippen molar-refractivity contribution in [2.45, 2.75) is 31.7 Å². The first-order chi connectivity index (χ1) is 11.5. The first-order valence-electron chi connectivity index (χ1n) is 7.80. The van der Waals surface area contributed by atoms with Crippen molar-refractivity contribution < 1.29 is 8.42 Å². The highest BCUT2D eigenvalue weighted by molar-refractivity contribution is 7.89. The van der Waals surface area contributed by atoms with Gasteiger partial charge in [0.2, 0.25) is 10.0 Å². The lowest BCUT2D eigenvalue weighted by Crippen LogP contribution is -2.23. The summed E-state index contributed by atoms with van der Waals surface area (Å²) >= 11 is 1.61. The predicted molar refractivity (Wildman–Crippen MR) is 98.2 cm³/mol. The number of rotatable bonds is 6. The van der Waals surface area contributed by atoms with Gasteiger partial charge in [-0.2, -0.15) is 0 Å². The lowest BCUT2D eigenvalue weighted by Gasteiger charge is -2.10. The van der Waals surface area contributed by atoms with Crippen molar-refractivity contribution in [2.24, 2.45) is 0 Å². The maximum Gasteiger partial charge on any atom is 0.240 e. The first-order valence-corrected chi connectivity index (χ1v) is 10.2. The summed E-state index contributed by atoms with van der Waals surface area (Å²) in [5.74, 6) is 0. The molecule has 1 N–H and O–H groups in total. The Balaban J connectivity index is 1.81. The Kier molecular flexibility index (Phi) is 4.89. The van der Waals surface area contributed by atoms with Crippen molar-refractivity contribution in [1.29, 1.82) is 0 Å². The summed E-state index contributed by atoms with van der Waals surface area (Å²) in [4.78, 5) is 0.292. The molecule has 0 amide bonds. The van der Waals surface area contributed by atoms with E-state index in [1.807, 2.05) is 30.6 Å². The normalized spacial score (nSPS) is 11.8. The topological polar surface area (TPSA) is 51.1 Å². The maximum absolute atomic E-state index is 12.4. The van der Waals surface area contributed by atoms with Crippen molar-refractivity contribution in [1.82, 2.24) is 9.29 Å². The minimum Gasteiger partial charge on any atom is -0.312 e. The summed E-state index contributed by atoms with van der Waals surface area (Å²) in [6.07, 6.45) is 2.95. The van der Waals surface area contributed by atoms with Crippen LogP contribution in [0.1, 0.15) is 23.7 Å². The van der Waals surface area contributed by atoms with Crippen molar-refractivity contribution in [3.8, 4) is 5.00 Å². The van der Waals surface area contributed by atoms with Crippen LogP contribution >= 0.6 is 11.3 Å². The maximum atomic E-state index is 12.4. The van der Waals surface area contributed by atoms with Gasteiger partial charge in [0.1, 0.15) is 5.00 Å². The van der Waals surface area contributed by atoms with Crippen LogP contribution in [0.3, 0.4) is 0 Å². The number of thiophene rings is 1. The van der Waals surface area contributed by atoms with E-state index in [0.717, 1.165) is 22.5 Å². The van der Waals surface area contributed by atoms with E-state index in [1.54, 1.807) is 35.6 Å². The molecule has 0 bridgehead atoms. The molecule has 2 aromatic heterocycles. The largest absolute Gasteiger partial charge is 0.312 e. The van der Waals surface area contributed by atoms with Crippen LogP contribution in [-0.4, -0.2) is 13.0 Å². The third kappa shape index (κ3) is 3.45. The van der Waals surface area contributed by atoms with Gasteiger partial charge in [0, 0.05) is 24.0 Å². The molecule has 0 saturated heterocycles. The van der Waals surface area contributed by atoms with Gasteiger partial charge >= 0.3 is 0 Å². The summed E-state index contributed by atoms with van der Waals surface area (Å²) in [5.41, 5.74) is 3.22. The van der Waals surface area contributed by atoms with Crippen LogP contribution in [0.2, 0.25) is 0 Å². The summed E-state index contributed by atoms with van der Waals surface area (Å²) < 4.78 is 29.7. The van der Waals surface area contributed by atoms with Crippen LogP contribution in [0, 0.1) is 6.92 Å². The van der Waals surface area contributed by atoms with E-state index >= 15 is 0 Å².